The van der Waals surface area contributed by atoms with E-state index in [1.54, 1.807) is 11.9 Å². The van der Waals surface area contributed by atoms with E-state index in [0.29, 0.717) is 12.4 Å². The van der Waals surface area contributed by atoms with Crippen LogP contribution in [-0.4, -0.2) is 28.7 Å². The molecular weight excluding hydrogens is 236 g/mol. The molecule has 2 rings (SSSR count). The lowest BCUT2D eigenvalue weighted by Crippen LogP contribution is -2.23. The van der Waals surface area contributed by atoms with Gasteiger partial charge in [-0.3, -0.25) is 4.79 Å². The summed E-state index contributed by atoms with van der Waals surface area (Å²) in [6.45, 7) is 2.47. The van der Waals surface area contributed by atoms with E-state index >= 15 is 0 Å². The van der Waals surface area contributed by atoms with Crippen molar-refractivity contribution in [3.63, 3.8) is 0 Å². The van der Waals surface area contributed by atoms with E-state index in [1.807, 2.05) is 25.1 Å². The smallest absolute Gasteiger partial charge is 0.278 e. The first-order valence-electron chi connectivity index (χ1n) is 5.36. The van der Waals surface area contributed by atoms with Crippen LogP contribution in [0.3, 0.4) is 0 Å². The van der Waals surface area contributed by atoms with Crippen LogP contribution in [0.5, 0.6) is 0 Å². The van der Waals surface area contributed by atoms with Gasteiger partial charge < -0.3 is 9.32 Å². The lowest BCUT2D eigenvalue weighted by Gasteiger charge is -2.13. The maximum absolute atomic E-state index is 10.9. The number of aryl methyl sites for hydroxylation is 1. The van der Waals surface area contributed by atoms with E-state index in [4.69, 9.17) is 4.42 Å². The van der Waals surface area contributed by atoms with Crippen molar-refractivity contribution in [2.24, 2.45) is 0 Å². The fraction of sp³-hybridized carbons (Fsp3) is 0.333. The summed E-state index contributed by atoms with van der Waals surface area (Å²) in [5.41, 5.74) is 2.79. The Morgan fingerprint density at radius 1 is 1.53 bits per heavy atom. The van der Waals surface area contributed by atoms with E-state index in [1.165, 1.54) is 0 Å². The fourth-order valence-electron chi connectivity index (χ4n) is 1.64. The van der Waals surface area contributed by atoms with Gasteiger partial charge in [0.15, 0.2) is 11.5 Å². The molecule has 0 unspecified atom stereocenters. The number of thiol groups is 1. The molecule has 1 aromatic heterocycles. The van der Waals surface area contributed by atoms with Gasteiger partial charge in [-0.1, -0.05) is 18.7 Å². The maximum Gasteiger partial charge on any atom is 0.278 e. The normalized spacial score (nSPS) is 10.8. The van der Waals surface area contributed by atoms with E-state index in [9.17, 15) is 4.79 Å². The lowest BCUT2D eigenvalue weighted by atomic mass is 10.1. The molecule has 0 N–H and O–H groups in total. The second-order valence-electron chi connectivity index (χ2n) is 3.99. The zero-order valence-electron chi connectivity index (χ0n) is 9.80. The predicted molar refractivity (Wildman–Crippen MR) is 69.5 cm³/mol. The molecule has 5 heteroatoms. The second-order valence-corrected chi connectivity index (χ2v) is 4.37. The molecule has 0 radical (unpaired) electrons. The van der Waals surface area contributed by atoms with Crippen molar-refractivity contribution in [3.8, 4) is 0 Å². The van der Waals surface area contributed by atoms with E-state index in [-0.39, 0.29) is 5.24 Å². The zero-order valence-corrected chi connectivity index (χ0v) is 10.7. The van der Waals surface area contributed by atoms with Gasteiger partial charge in [-0.2, -0.15) is 0 Å². The van der Waals surface area contributed by atoms with Gasteiger partial charge in [-0.05, 0) is 24.1 Å². The Bertz CT molecular complexity index is 550. The number of oxazole rings is 1. The molecule has 4 nitrogen and oxygen atoms in total. The van der Waals surface area contributed by atoms with Crippen molar-refractivity contribution in [1.82, 2.24) is 9.88 Å². The first-order chi connectivity index (χ1) is 8.06. The number of benzene rings is 1. The number of fused-ring (bicyclic) bond motifs is 1. The minimum Gasteiger partial charge on any atom is -0.441 e. The molecule has 0 aliphatic heterocycles. The second kappa shape index (κ2) is 4.79. The van der Waals surface area contributed by atoms with Crippen LogP contribution in [-0.2, 0) is 6.42 Å². The SMILES string of the molecule is Cc1nc2cc(CCN(C)C(=O)S)ccc2o1. The summed E-state index contributed by atoms with van der Waals surface area (Å²) >= 11 is 3.76. The van der Waals surface area contributed by atoms with Crippen molar-refractivity contribution < 1.29 is 9.21 Å². The first kappa shape index (κ1) is 12.0. The Morgan fingerprint density at radius 3 is 3.00 bits per heavy atom. The number of likely N-dealkylation sites (N-methyl/N-ethyl adjacent to an activating group) is 1. The topological polar surface area (TPSA) is 46.3 Å². The third-order valence-electron chi connectivity index (χ3n) is 2.62. The number of carbonyl (C=O) groups is 1. The highest BCUT2D eigenvalue weighted by Crippen LogP contribution is 2.17. The van der Waals surface area contributed by atoms with Gasteiger partial charge in [0.25, 0.3) is 5.24 Å². The third-order valence-corrected chi connectivity index (χ3v) is 2.96. The molecule has 0 atom stereocenters. The third kappa shape index (κ3) is 2.79. The van der Waals surface area contributed by atoms with Crippen molar-refractivity contribution in [3.05, 3.63) is 29.7 Å². The molecular formula is C12H14N2O2S. The predicted octanol–water partition coefficient (Wildman–Crippen LogP) is 2.66. The zero-order chi connectivity index (χ0) is 12.4. The molecule has 0 bridgehead atoms. The molecule has 0 saturated heterocycles. The van der Waals surface area contributed by atoms with Crippen molar-refractivity contribution in [2.75, 3.05) is 13.6 Å². The molecule has 0 saturated carbocycles. The molecule has 90 valence electrons. The summed E-state index contributed by atoms with van der Waals surface area (Å²) in [6.07, 6.45) is 0.782. The van der Waals surface area contributed by atoms with Crippen molar-refractivity contribution in [2.45, 2.75) is 13.3 Å². The molecule has 0 aliphatic rings. The largest absolute Gasteiger partial charge is 0.441 e. The minimum atomic E-state index is -0.219. The average Bonchev–Trinajstić information content (AvgIpc) is 2.64. The van der Waals surface area contributed by atoms with Gasteiger partial charge in [0.05, 0.1) is 0 Å². The van der Waals surface area contributed by atoms with Crippen LogP contribution in [0.15, 0.2) is 22.6 Å². The summed E-state index contributed by atoms with van der Waals surface area (Å²) < 4.78 is 5.40. The highest BCUT2D eigenvalue weighted by atomic mass is 32.1. The first-order valence-corrected chi connectivity index (χ1v) is 5.81. The highest BCUT2D eigenvalue weighted by Gasteiger charge is 2.06. The average molecular weight is 250 g/mol. The van der Waals surface area contributed by atoms with Crippen molar-refractivity contribution in [1.29, 1.82) is 0 Å². The molecule has 0 fully saturated rings. The van der Waals surface area contributed by atoms with E-state index in [2.05, 4.69) is 17.6 Å². The van der Waals surface area contributed by atoms with Crippen LogP contribution in [0, 0.1) is 6.92 Å². The van der Waals surface area contributed by atoms with Crippen LogP contribution < -0.4 is 0 Å². The number of amides is 1. The number of nitrogens with zero attached hydrogens (tertiary/aromatic N) is 2. The number of rotatable bonds is 3. The summed E-state index contributed by atoms with van der Waals surface area (Å²) in [6, 6.07) is 5.89. The van der Waals surface area contributed by atoms with Crippen LogP contribution in [0.25, 0.3) is 11.1 Å². The monoisotopic (exact) mass is 250 g/mol. The molecule has 0 spiro atoms. The summed E-state index contributed by atoms with van der Waals surface area (Å²) in [5, 5.41) is -0.219. The summed E-state index contributed by atoms with van der Waals surface area (Å²) in [7, 11) is 1.73. The number of carbonyl (C=O) groups excluding carboxylic acids is 1. The van der Waals surface area contributed by atoms with E-state index < -0.39 is 0 Å². The van der Waals surface area contributed by atoms with Crippen molar-refractivity contribution >= 4 is 29.0 Å². The minimum absolute atomic E-state index is 0.219. The number of hydrogen-bond acceptors (Lipinski definition) is 3. The van der Waals surface area contributed by atoms with Crippen LogP contribution in [0.2, 0.25) is 0 Å². The van der Waals surface area contributed by atoms with Crippen LogP contribution in [0.4, 0.5) is 4.79 Å². The molecule has 1 aromatic carbocycles. The molecule has 0 aliphatic carbocycles. The molecule has 1 amide bonds. The van der Waals surface area contributed by atoms with E-state index in [0.717, 1.165) is 23.1 Å². The van der Waals surface area contributed by atoms with Gasteiger partial charge in [0, 0.05) is 20.5 Å². The molecule has 2 aromatic rings. The standard InChI is InChI=1S/C12H14N2O2S/c1-8-13-10-7-9(3-4-11(10)16-8)5-6-14(2)12(15)17/h3-4,7H,5-6H2,1-2H3,(H,15,17). The maximum atomic E-state index is 10.9. The quantitative estimate of drug-likeness (QED) is 0.852. The number of aromatic nitrogens is 1. The summed E-state index contributed by atoms with van der Waals surface area (Å²) in [4.78, 5) is 16.8. The Kier molecular flexibility index (Phi) is 3.38. The number of hydrogen-bond donors (Lipinski definition) is 1. The highest BCUT2D eigenvalue weighted by molar-refractivity contribution is 7.96. The lowest BCUT2D eigenvalue weighted by molar-refractivity contribution is 0.234. The Balaban J connectivity index is 2.11. The Labute approximate surface area is 105 Å². The van der Waals surface area contributed by atoms with Gasteiger partial charge >= 0.3 is 0 Å². The van der Waals surface area contributed by atoms with Crippen LogP contribution in [0.1, 0.15) is 11.5 Å². The van der Waals surface area contributed by atoms with Gasteiger partial charge in [0.1, 0.15) is 5.52 Å². The Morgan fingerprint density at radius 2 is 2.29 bits per heavy atom. The molecule has 1 heterocycles. The molecule has 17 heavy (non-hydrogen) atoms. The van der Waals surface area contributed by atoms with Gasteiger partial charge in [-0.25, -0.2) is 4.98 Å². The van der Waals surface area contributed by atoms with Gasteiger partial charge in [0.2, 0.25) is 0 Å². The van der Waals surface area contributed by atoms with Gasteiger partial charge in [-0.15, -0.1) is 0 Å². The fourth-order valence-corrected chi connectivity index (χ4v) is 1.74. The Hall–Kier alpha value is -1.49. The van der Waals surface area contributed by atoms with Crippen LogP contribution >= 0.6 is 12.6 Å². The summed E-state index contributed by atoms with van der Waals surface area (Å²) in [5.74, 6) is 0.666.